The molecule has 1 saturated carbocycles. The summed E-state index contributed by atoms with van der Waals surface area (Å²) in [6.07, 6.45) is 4.96. The van der Waals surface area contributed by atoms with Crippen LogP contribution in [0.4, 0.5) is 4.39 Å². The highest BCUT2D eigenvalue weighted by molar-refractivity contribution is 5.93. The van der Waals surface area contributed by atoms with Crippen molar-refractivity contribution < 1.29 is 13.9 Å². The molecule has 1 amide bonds. The molecule has 1 aromatic carbocycles. The fourth-order valence-corrected chi connectivity index (χ4v) is 3.95. The summed E-state index contributed by atoms with van der Waals surface area (Å²) in [6, 6.07) is 6.29. The Kier molecular flexibility index (Phi) is 6.40. The zero-order chi connectivity index (χ0) is 22.7. The van der Waals surface area contributed by atoms with Gasteiger partial charge in [0.2, 0.25) is 0 Å². The first-order valence-electron chi connectivity index (χ1n) is 10.5. The highest BCUT2D eigenvalue weighted by Crippen LogP contribution is 2.26. The minimum absolute atomic E-state index is 0.125. The highest BCUT2D eigenvalue weighted by Gasteiger charge is 2.23. The summed E-state index contributed by atoms with van der Waals surface area (Å²) in [6.45, 7) is 2.68. The number of amides is 1. The number of aromatic nitrogens is 5. The van der Waals surface area contributed by atoms with Crippen LogP contribution in [-0.2, 0) is 13.1 Å². The molecule has 0 bridgehead atoms. The third-order valence-corrected chi connectivity index (χ3v) is 5.57. The molecule has 2 aromatic heterocycles. The molecule has 9 nitrogen and oxygen atoms in total. The maximum Gasteiger partial charge on any atom is 0.270 e. The summed E-state index contributed by atoms with van der Waals surface area (Å²) in [5, 5.41) is 11.2. The third-order valence-electron chi connectivity index (χ3n) is 5.57. The van der Waals surface area contributed by atoms with Crippen molar-refractivity contribution >= 4 is 5.91 Å². The predicted octanol–water partition coefficient (Wildman–Crippen LogP) is 2.25. The van der Waals surface area contributed by atoms with E-state index < -0.39 is 5.82 Å². The average Bonchev–Trinajstić information content (AvgIpc) is 3.41. The lowest BCUT2D eigenvalue weighted by Crippen LogP contribution is -2.24. The van der Waals surface area contributed by atoms with Crippen LogP contribution in [0.15, 0.2) is 30.5 Å². The number of benzene rings is 1. The van der Waals surface area contributed by atoms with Crippen molar-refractivity contribution in [3.63, 3.8) is 0 Å². The first-order chi connectivity index (χ1) is 15.4. The van der Waals surface area contributed by atoms with Gasteiger partial charge in [-0.1, -0.05) is 11.3 Å². The van der Waals surface area contributed by atoms with Gasteiger partial charge in [0.25, 0.3) is 5.91 Å². The molecule has 0 aliphatic heterocycles. The van der Waals surface area contributed by atoms with E-state index in [4.69, 9.17) is 10.5 Å². The molecule has 1 aliphatic carbocycles. The van der Waals surface area contributed by atoms with Gasteiger partial charge in [-0.05, 0) is 55.9 Å². The minimum Gasteiger partial charge on any atom is -0.494 e. The van der Waals surface area contributed by atoms with E-state index in [1.807, 2.05) is 6.20 Å². The number of nitrogens with zero attached hydrogens (tertiary/aromatic N) is 5. The molecule has 3 aromatic rings. The van der Waals surface area contributed by atoms with Crippen LogP contribution in [0.25, 0.3) is 11.4 Å². The Morgan fingerprint density at radius 3 is 2.88 bits per heavy atom. The number of carbonyl (C=O) groups excluding carboxylic acids is 1. The number of hydrogen-bond donors (Lipinski definition) is 2. The summed E-state index contributed by atoms with van der Waals surface area (Å²) < 4.78 is 20.3. The number of methoxy groups -OCH3 is 1. The van der Waals surface area contributed by atoms with Crippen LogP contribution in [0, 0.1) is 18.7 Å². The molecule has 0 radical (unpaired) electrons. The Balaban J connectivity index is 1.45. The lowest BCUT2D eigenvalue weighted by molar-refractivity contribution is 0.0945. The monoisotopic (exact) mass is 439 g/mol. The van der Waals surface area contributed by atoms with Crippen LogP contribution in [0.1, 0.15) is 41.1 Å². The van der Waals surface area contributed by atoms with Gasteiger partial charge in [-0.2, -0.15) is 0 Å². The van der Waals surface area contributed by atoms with E-state index in [9.17, 15) is 9.18 Å². The lowest BCUT2D eigenvalue weighted by atomic mass is 10.1. The van der Waals surface area contributed by atoms with Gasteiger partial charge in [0.1, 0.15) is 17.2 Å². The van der Waals surface area contributed by atoms with Crippen LogP contribution in [0.5, 0.6) is 5.75 Å². The van der Waals surface area contributed by atoms with Gasteiger partial charge in [-0.3, -0.25) is 9.48 Å². The van der Waals surface area contributed by atoms with Crippen LogP contribution < -0.4 is 15.8 Å². The van der Waals surface area contributed by atoms with E-state index in [1.165, 1.54) is 13.2 Å². The van der Waals surface area contributed by atoms with Gasteiger partial charge in [0, 0.05) is 19.1 Å². The van der Waals surface area contributed by atoms with E-state index in [0.717, 1.165) is 25.8 Å². The number of aryl methyl sites for hydroxylation is 1. The quantitative estimate of drug-likeness (QED) is 0.579. The van der Waals surface area contributed by atoms with Crippen molar-refractivity contribution in [1.82, 2.24) is 30.3 Å². The van der Waals surface area contributed by atoms with Gasteiger partial charge in [-0.25, -0.2) is 14.4 Å². The topological polar surface area (TPSA) is 121 Å². The molecule has 0 saturated heterocycles. The van der Waals surface area contributed by atoms with Crippen LogP contribution in [0.3, 0.4) is 0 Å². The summed E-state index contributed by atoms with van der Waals surface area (Å²) in [5.41, 5.74) is 8.03. The first kappa shape index (κ1) is 21.8. The molecule has 1 aliphatic rings. The molecule has 1 fully saturated rings. The second-order valence-corrected chi connectivity index (χ2v) is 8.10. The zero-order valence-corrected chi connectivity index (χ0v) is 18.1. The van der Waals surface area contributed by atoms with Gasteiger partial charge in [0.15, 0.2) is 11.6 Å². The van der Waals surface area contributed by atoms with Gasteiger partial charge in [0.05, 0.1) is 19.0 Å². The second kappa shape index (κ2) is 9.39. The molecule has 3 N–H and O–H groups in total. The second-order valence-electron chi connectivity index (χ2n) is 8.10. The molecule has 2 atom stereocenters. The zero-order valence-electron chi connectivity index (χ0n) is 18.1. The van der Waals surface area contributed by atoms with Crippen molar-refractivity contribution in [3.8, 4) is 17.1 Å². The molecule has 32 heavy (non-hydrogen) atoms. The summed E-state index contributed by atoms with van der Waals surface area (Å²) >= 11 is 0. The highest BCUT2D eigenvalue weighted by atomic mass is 19.1. The fourth-order valence-electron chi connectivity index (χ4n) is 3.95. The molecular weight excluding hydrogens is 413 g/mol. The van der Waals surface area contributed by atoms with Crippen molar-refractivity contribution in [3.05, 3.63) is 53.4 Å². The first-order valence-corrected chi connectivity index (χ1v) is 10.5. The molecule has 10 heteroatoms. The minimum atomic E-state index is -0.456. The normalized spacial score (nSPS) is 18.0. The van der Waals surface area contributed by atoms with E-state index in [2.05, 4.69) is 25.6 Å². The number of nitrogens with one attached hydrogen (secondary N) is 1. The average molecular weight is 439 g/mol. The number of carbonyl (C=O) groups is 1. The fraction of sp³-hybridized carbons (Fsp3) is 0.409. The SMILES string of the molecule is COc1cc(CNC(=O)c2cc(-c3cn(C[C@H]4CC[C@@H](N)C4)nn3)nc(C)n2)ccc1F. The Morgan fingerprint density at radius 2 is 2.12 bits per heavy atom. The van der Waals surface area contributed by atoms with Gasteiger partial charge < -0.3 is 15.8 Å². The summed E-state index contributed by atoms with van der Waals surface area (Å²) in [7, 11) is 1.39. The molecule has 168 valence electrons. The predicted molar refractivity (Wildman–Crippen MR) is 115 cm³/mol. The number of rotatable bonds is 7. The molecule has 0 spiro atoms. The van der Waals surface area contributed by atoms with Crippen molar-refractivity contribution in [2.24, 2.45) is 11.7 Å². The van der Waals surface area contributed by atoms with E-state index in [0.29, 0.717) is 28.7 Å². The summed E-state index contributed by atoms with van der Waals surface area (Å²) in [4.78, 5) is 21.3. The third kappa shape index (κ3) is 5.08. The molecule has 2 heterocycles. The van der Waals surface area contributed by atoms with Gasteiger partial charge >= 0.3 is 0 Å². The largest absolute Gasteiger partial charge is 0.494 e. The Bertz CT molecular complexity index is 1120. The van der Waals surface area contributed by atoms with E-state index in [1.54, 1.807) is 29.8 Å². The lowest BCUT2D eigenvalue weighted by Gasteiger charge is -2.09. The van der Waals surface area contributed by atoms with Crippen LogP contribution in [0.2, 0.25) is 0 Å². The maximum atomic E-state index is 13.6. The Hall–Kier alpha value is -3.40. The smallest absolute Gasteiger partial charge is 0.270 e. The number of hydrogen-bond acceptors (Lipinski definition) is 7. The van der Waals surface area contributed by atoms with Gasteiger partial charge in [-0.15, -0.1) is 5.10 Å². The van der Waals surface area contributed by atoms with Crippen molar-refractivity contribution in [2.75, 3.05) is 7.11 Å². The molecule has 4 rings (SSSR count). The van der Waals surface area contributed by atoms with Crippen LogP contribution in [-0.4, -0.2) is 44.0 Å². The molecular formula is C22H26FN7O2. The summed E-state index contributed by atoms with van der Waals surface area (Å²) in [5.74, 6) is 0.250. The van der Waals surface area contributed by atoms with Crippen molar-refractivity contribution in [1.29, 1.82) is 0 Å². The van der Waals surface area contributed by atoms with Crippen LogP contribution >= 0.6 is 0 Å². The number of nitrogens with two attached hydrogens (primary N) is 1. The van der Waals surface area contributed by atoms with Crippen molar-refractivity contribution in [2.45, 2.75) is 45.3 Å². The maximum absolute atomic E-state index is 13.6. The Labute approximate surface area is 185 Å². The van der Waals surface area contributed by atoms with E-state index in [-0.39, 0.29) is 29.9 Å². The number of ether oxygens (including phenoxy) is 1. The standard InChI is InChI=1S/C22H26FN7O2/c1-13-26-18(20-12-30(29-28-20)11-15-3-5-16(24)7-15)9-19(27-13)22(31)25-10-14-4-6-17(23)21(8-14)32-2/h4,6,8-9,12,15-16H,3,5,7,10-11,24H2,1-2H3,(H,25,31)/t15-,16+/m0/s1. The number of halogens is 1. The van der Waals surface area contributed by atoms with E-state index >= 15 is 0 Å². The molecule has 0 unspecified atom stereocenters. The Morgan fingerprint density at radius 1 is 1.28 bits per heavy atom.